The van der Waals surface area contributed by atoms with Crippen molar-refractivity contribution >= 4 is 21.9 Å². The summed E-state index contributed by atoms with van der Waals surface area (Å²) in [6.45, 7) is 5.20. The first kappa shape index (κ1) is 18.9. The van der Waals surface area contributed by atoms with Gasteiger partial charge in [-0.25, -0.2) is 0 Å². The zero-order valence-electron chi connectivity index (χ0n) is 15.0. The molecule has 0 spiro atoms. The molecule has 0 amide bonds. The van der Waals surface area contributed by atoms with Crippen LogP contribution in [0.25, 0.3) is 0 Å². The number of benzene rings is 1. The molecule has 26 heavy (non-hydrogen) atoms. The van der Waals surface area contributed by atoms with Crippen molar-refractivity contribution in [3.8, 4) is 5.75 Å². The quantitative estimate of drug-likeness (QED) is 0.761. The maximum Gasteiger partial charge on any atom is 0.320 e. The first-order valence-electron chi connectivity index (χ1n) is 8.84. The molecule has 2 atom stereocenters. The Kier molecular flexibility index (Phi) is 5.94. The topological polar surface area (TPSA) is 62.7 Å². The van der Waals surface area contributed by atoms with E-state index in [9.17, 15) is 9.90 Å². The predicted octanol–water partition coefficient (Wildman–Crippen LogP) is 4.19. The van der Waals surface area contributed by atoms with E-state index >= 15 is 0 Å². The Bertz CT molecular complexity index is 779. The molecular formula is C20H23BrN2O3. The van der Waals surface area contributed by atoms with Crippen molar-refractivity contribution in [3.05, 3.63) is 57.8 Å². The fourth-order valence-electron chi connectivity index (χ4n) is 3.53. The van der Waals surface area contributed by atoms with Gasteiger partial charge >= 0.3 is 5.97 Å². The van der Waals surface area contributed by atoms with Crippen LogP contribution in [0.4, 0.5) is 0 Å². The minimum Gasteiger partial charge on any atom is -0.494 e. The Balaban J connectivity index is 2.13. The first-order chi connectivity index (χ1) is 12.5. The van der Waals surface area contributed by atoms with Crippen molar-refractivity contribution in [2.75, 3.05) is 13.2 Å². The van der Waals surface area contributed by atoms with Gasteiger partial charge in [-0.05, 0) is 56.5 Å². The summed E-state index contributed by atoms with van der Waals surface area (Å²) in [5.74, 6) is -0.0216. The Hall–Kier alpha value is -1.92. The summed E-state index contributed by atoms with van der Waals surface area (Å²) in [7, 11) is 0. The van der Waals surface area contributed by atoms with Gasteiger partial charge in [0.1, 0.15) is 11.8 Å². The van der Waals surface area contributed by atoms with Gasteiger partial charge in [0.2, 0.25) is 0 Å². The molecule has 0 radical (unpaired) electrons. The lowest BCUT2D eigenvalue weighted by Gasteiger charge is -2.32. The molecule has 2 aromatic rings. The minimum atomic E-state index is -0.785. The van der Waals surface area contributed by atoms with E-state index in [0.717, 1.165) is 40.0 Å². The summed E-state index contributed by atoms with van der Waals surface area (Å²) in [6.07, 6.45) is 3.33. The van der Waals surface area contributed by atoms with Crippen LogP contribution in [0.15, 0.2) is 41.0 Å². The molecule has 138 valence electrons. The maximum absolute atomic E-state index is 11.8. The number of hydrogen-bond acceptors (Lipinski definition) is 4. The smallest absolute Gasteiger partial charge is 0.320 e. The largest absolute Gasteiger partial charge is 0.494 e. The number of ether oxygens (including phenoxy) is 1. The third kappa shape index (κ3) is 3.91. The van der Waals surface area contributed by atoms with Crippen LogP contribution in [0, 0.1) is 6.92 Å². The molecule has 1 aliphatic rings. The second kappa shape index (κ2) is 8.18. The number of halogens is 1. The molecule has 0 bridgehead atoms. The molecule has 1 aromatic carbocycles. The molecule has 1 N–H and O–H groups in total. The number of rotatable bonds is 6. The van der Waals surface area contributed by atoms with Gasteiger partial charge in [-0.15, -0.1) is 0 Å². The van der Waals surface area contributed by atoms with Gasteiger partial charge in [-0.2, -0.15) is 0 Å². The molecule has 0 aliphatic carbocycles. The number of carboxylic acids is 1. The van der Waals surface area contributed by atoms with Gasteiger partial charge in [-0.3, -0.25) is 14.7 Å². The summed E-state index contributed by atoms with van der Waals surface area (Å²) in [5, 5.41) is 9.70. The number of likely N-dealkylation sites (tertiary alicyclic amines) is 1. The Labute approximate surface area is 162 Å². The standard InChI is InChI=1S/C20H23BrN2O3/c1-3-26-18-9-7-14(21)11-15(18)19(16-8-6-13(2)12-22-16)23-10-4-5-17(23)20(24)25/h6-9,11-12,17,19H,3-5,10H2,1-2H3,(H,24,25). The summed E-state index contributed by atoms with van der Waals surface area (Å²) in [5.41, 5.74) is 2.84. The van der Waals surface area contributed by atoms with Gasteiger partial charge in [-0.1, -0.05) is 22.0 Å². The summed E-state index contributed by atoms with van der Waals surface area (Å²) < 4.78 is 6.78. The zero-order chi connectivity index (χ0) is 18.7. The van der Waals surface area contributed by atoms with Crippen molar-refractivity contribution in [2.45, 2.75) is 38.8 Å². The van der Waals surface area contributed by atoms with E-state index in [1.54, 1.807) is 0 Å². The number of aromatic nitrogens is 1. The average Bonchev–Trinajstić information content (AvgIpc) is 3.09. The molecule has 1 aliphatic heterocycles. The average molecular weight is 419 g/mol. The second-order valence-corrected chi connectivity index (χ2v) is 7.43. The SMILES string of the molecule is CCOc1ccc(Br)cc1C(c1ccc(C)cn1)N1CCCC1C(=O)O. The number of aryl methyl sites for hydroxylation is 1. The number of nitrogens with zero attached hydrogens (tertiary/aromatic N) is 2. The van der Waals surface area contributed by atoms with Gasteiger partial charge in [0, 0.05) is 22.8 Å². The number of carbonyl (C=O) groups is 1. The highest BCUT2D eigenvalue weighted by Crippen LogP contribution is 2.39. The highest BCUT2D eigenvalue weighted by Gasteiger charge is 2.38. The van der Waals surface area contributed by atoms with Crippen LogP contribution in [0.3, 0.4) is 0 Å². The van der Waals surface area contributed by atoms with E-state index in [0.29, 0.717) is 13.0 Å². The summed E-state index contributed by atoms with van der Waals surface area (Å²) in [6, 6.07) is 9.08. The molecule has 5 nitrogen and oxygen atoms in total. The lowest BCUT2D eigenvalue weighted by molar-refractivity contribution is -0.142. The van der Waals surface area contributed by atoms with E-state index in [-0.39, 0.29) is 6.04 Å². The highest BCUT2D eigenvalue weighted by molar-refractivity contribution is 9.10. The van der Waals surface area contributed by atoms with Gasteiger partial charge in [0.25, 0.3) is 0 Å². The Morgan fingerprint density at radius 1 is 1.42 bits per heavy atom. The van der Waals surface area contributed by atoms with Crippen LogP contribution in [-0.2, 0) is 4.79 Å². The van der Waals surface area contributed by atoms with E-state index in [1.807, 2.05) is 55.3 Å². The minimum absolute atomic E-state index is 0.266. The first-order valence-corrected chi connectivity index (χ1v) is 9.64. The van der Waals surface area contributed by atoms with Crippen molar-refractivity contribution in [2.24, 2.45) is 0 Å². The van der Waals surface area contributed by atoms with Crippen LogP contribution in [0.5, 0.6) is 5.75 Å². The normalized spacial score (nSPS) is 18.7. The van der Waals surface area contributed by atoms with E-state index in [1.165, 1.54) is 0 Å². The van der Waals surface area contributed by atoms with E-state index in [4.69, 9.17) is 4.74 Å². The molecule has 2 heterocycles. The van der Waals surface area contributed by atoms with Crippen molar-refractivity contribution in [1.82, 2.24) is 9.88 Å². The second-order valence-electron chi connectivity index (χ2n) is 6.51. The number of hydrogen-bond donors (Lipinski definition) is 1. The highest BCUT2D eigenvalue weighted by atomic mass is 79.9. The van der Waals surface area contributed by atoms with Crippen LogP contribution in [0.2, 0.25) is 0 Å². The van der Waals surface area contributed by atoms with E-state index < -0.39 is 12.0 Å². The number of pyridine rings is 1. The number of aliphatic carboxylic acids is 1. The molecule has 1 saturated heterocycles. The lowest BCUT2D eigenvalue weighted by atomic mass is 9.98. The summed E-state index contributed by atoms with van der Waals surface area (Å²) in [4.78, 5) is 18.5. The Morgan fingerprint density at radius 3 is 2.88 bits per heavy atom. The molecule has 1 aromatic heterocycles. The summed E-state index contributed by atoms with van der Waals surface area (Å²) >= 11 is 3.54. The van der Waals surface area contributed by atoms with Crippen LogP contribution in [0.1, 0.15) is 42.6 Å². The molecule has 3 rings (SSSR count). The van der Waals surface area contributed by atoms with Gasteiger partial charge in [0.15, 0.2) is 0 Å². The molecular weight excluding hydrogens is 396 g/mol. The van der Waals surface area contributed by atoms with Crippen LogP contribution in [-0.4, -0.2) is 40.2 Å². The zero-order valence-corrected chi connectivity index (χ0v) is 16.6. The van der Waals surface area contributed by atoms with Crippen LogP contribution < -0.4 is 4.74 Å². The van der Waals surface area contributed by atoms with E-state index in [2.05, 4.69) is 20.9 Å². The third-order valence-corrected chi connectivity index (χ3v) is 5.18. The fraction of sp³-hybridized carbons (Fsp3) is 0.400. The van der Waals surface area contributed by atoms with Crippen LogP contribution >= 0.6 is 15.9 Å². The van der Waals surface area contributed by atoms with Gasteiger partial charge < -0.3 is 9.84 Å². The predicted molar refractivity (Wildman–Crippen MR) is 103 cm³/mol. The molecule has 0 saturated carbocycles. The lowest BCUT2D eigenvalue weighted by Crippen LogP contribution is -2.39. The monoisotopic (exact) mass is 418 g/mol. The van der Waals surface area contributed by atoms with Crippen molar-refractivity contribution in [1.29, 1.82) is 0 Å². The van der Waals surface area contributed by atoms with Gasteiger partial charge in [0.05, 0.1) is 18.3 Å². The Morgan fingerprint density at radius 2 is 2.23 bits per heavy atom. The fourth-order valence-corrected chi connectivity index (χ4v) is 3.91. The maximum atomic E-state index is 11.8. The third-order valence-electron chi connectivity index (χ3n) is 4.69. The molecule has 1 fully saturated rings. The molecule has 2 unspecified atom stereocenters. The van der Waals surface area contributed by atoms with Crippen molar-refractivity contribution < 1.29 is 14.6 Å². The van der Waals surface area contributed by atoms with Crippen molar-refractivity contribution in [3.63, 3.8) is 0 Å². The molecule has 6 heteroatoms. The number of carboxylic acid groups (broad SMARTS) is 1.